The predicted octanol–water partition coefficient (Wildman–Crippen LogP) is 3.33. The number of ether oxygens (including phenoxy) is 2. The zero-order valence-electron chi connectivity index (χ0n) is 17.8. The van der Waals surface area contributed by atoms with Gasteiger partial charge in [0.15, 0.2) is 24.1 Å². The number of carbonyl (C=O) groups is 1. The average molecular weight is 560 g/mol. The molecule has 2 N–H and O–H groups in total. The molecular formula is C22H27F2IN4O3. The Morgan fingerprint density at radius 1 is 1.22 bits per heavy atom. The number of amides is 1. The second kappa shape index (κ2) is 13.0. The first-order valence-corrected chi connectivity index (χ1v) is 10.2. The standard InChI is InChI=1S/C22H26F2N4O3.HI/c1-2-25-22(27-11-13-30-19-9-8-16(23)14-17(19)24)26-10-5-12-28-18-6-3-4-7-20(18)31-15-21(28)29;/h3-4,6-9,14H,2,5,10-13,15H2,1H3,(H2,25,26,27);1H. The number of fused-ring (bicyclic) bond motifs is 1. The van der Waals surface area contributed by atoms with Crippen molar-refractivity contribution in [1.29, 1.82) is 0 Å². The lowest BCUT2D eigenvalue weighted by Gasteiger charge is -2.29. The van der Waals surface area contributed by atoms with Crippen molar-refractivity contribution in [1.82, 2.24) is 10.6 Å². The molecular weight excluding hydrogens is 533 g/mol. The highest BCUT2D eigenvalue weighted by Gasteiger charge is 2.24. The monoisotopic (exact) mass is 560 g/mol. The van der Waals surface area contributed by atoms with Gasteiger partial charge in [0.25, 0.3) is 5.91 Å². The Kier molecular flexibility index (Phi) is 10.4. The van der Waals surface area contributed by atoms with Crippen LogP contribution < -0.4 is 25.0 Å². The molecule has 0 atom stereocenters. The van der Waals surface area contributed by atoms with Gasteiger partial charge in [-0.2, -0.15) is 0 Å². The molecule has 174 valence electrons. The van der Waals surface area contributed by atoms with Crippen molar-refractivity contribution in [2.45, 2.75) is 13.3 Å². The summed E-state index contributed by atoms with van der Waals surface area (Å²) in [5, 5.41) is 6.22. The van der Waals surface area contributed by atoms with Crippen molar-refractivity contribution in [3.8, 4) is 11.5 Å². The van der Waals surface area contributed by atoms with Crippen LogP contribution in [-0.2, 0) is 4.79 Å². The number of anilines is 1. The van der Waals surface area contributed by atoms with E-state index in [1.165, 1.54) is 6.07 Å². The van der Waals surface area contributed by atoms with Crippen LogP contribution in [0.1, 0.15) is 13.3 Å². The molecule has 0 saturated heterocycles. The number of rotatable bonds is 9. The van der Waals surface area contributed by atoms with E-state index in [0.717, 1.165) is 17.8 Å². The summed E-state index contributed by atoms with van der Waals surface area (Å²) in [5.74, 6) is -0.150. The summed E-state index contributed by atoms with van der Waals surface area (Å²) in [6.45, 7) is 4.29. The summed E-state index contributed by atoms with van der Waals surface area (Å²) in [4.78, 5) is 18.4. The first kappa shape index (κ1) is 25.6. The van der Waals surface area contributed by atoms with Gasteiger partial charge in [0.2, 0.25) is 0 Å². The van der Waals surface area contributed by atoms with Crippen LogP contribution in [-0.4, -0.2) is 51.3 Å². The molecule has 2 aromatic carbocycles. The summed E-state index contributed by atoms with van der Waals surface area (Å²) < 4.78 is 37.3. The highest BCUT2D eigenvalue weighted by molar-refractivity contribution is 14.0. The molecule has 0 saturated carbocycles. The molecule has 3 rings (SSSR count). The van der Waals surface area contributed by atoms with Crippen molar-refractivity contribution in [2.24, 2.45) is 4.99 Å². The number of carbonyl (C=O) groups excluding carboxylic acids is 1. The van der Waals surface area contributed by atoms with Gasteiger partial charge in [0, 0.05) is 25.7 Å². The molecule has 0 spiro atoms. The Balaban J connectivity index is 0.00000363. The van der Waals surface area contributed by atoms with Gasteiger partial charge < -0.3 is 25.0 Å². The summed E-state index contributed by atoms with van der Waals surface area (Å²) in [6.07, 6.45) is 0.675. The molecule has 1 aliphatic rings. The fourth-order valence-corrected chi connectivity index (χ4v) is 3.08. The minimum absolute atomic E-state index is 0. The SMILES string of the molecule is CCNC(=NCCCN1C(=O)COc2ccccc21)NCCOc1ccc(F)cc1F.I. The first-order chi connectivity index (χ1) is 15.1. The number of benzene rings is 2. The molecule has 7 nitrogen and oxygen atoms in total. The fourth-order valence-electron chi connectivity index (χ4n) is 3.08. The highest BCUT2D eigenvalue weighted by Crippen LogP contribution is 2.31. The molecule has 0 bridgehead atoms. The van der Waals surface area contributed by atoms with Crippen molar-refractivity contribution < 1.29 is 23.0 Å². The van der Waals surface area contributed by atoms with E-state index in [9.17, 15) is 13.6 Å². The van der Waals surface area contributed by atoms with E-state index in [1.807, 2.05) is 31.2 Å². The Hall–Kier alpha value is -2.63. The molecule has 0 aromatic heterocycles. The van der Waals surface area contributed by atoms with Crippen LogP contribution in [0.2, 0.25) is 0 Å². The Labute approximate surface area is 203 Å². The van der Waals surface area contributed by atoms with Gasteiger partial charge in [0.1, 0.15) is 18.2 Å². The summed E-state index contributed by atoms with van der Waals surface area (Å²) in [5.41, 5.74) is 0.776. The number of halogens is 3. The van der Waals surface area contributed by atoms with E-state index < -0.39 is 11.6 Å². The Bertz CT molecular complexity index is 930. The van der Waals surface area contributed by atoms with Gasteiger partial charge >= 0.3 is 0 Å². The quantitative estimate of drug-likeness (QED) is 0.213. The van der Waals surface area contributed by atoms with Gasteiger partial charge in [-0.05, 0) is 37.6 Å². The van der Waals surface area contributed by atoms with Crippen LogP contribution in [0.3, 0.4) is 0 Å². The molecule has 1 aliphatic heterocycles. The van der Waals surface area contributed by atoms with E-state index in [-0.39, 0.29) is 48.8 Å². The van der Waals surface area contributed by atoms with E-state index in [4.69, 9.17) is 9.47 Å². The summed E-state index contributed by atoms with van der Waals surface area (Å²) in [7, 11) is 0. The molecule has 2 aromatic rings. The topological polar surface area (TPSA) is 75.2 Å². The van der Waals surface area contributed by atoms with E-state index in [0.29, 0.717) is 44.3 Å². The van der Waals surface area contributed by atoms with Gasteiger partial charge in [-0.1, -0.05) is 12.1 Å². The molecule has 0 radical (unpaired) electrons. The number of hydrogen-bond donors (Lipinski definition) is 2. The molecule has 32 heavy (non-hydrogen) atoms. The van der Waals surface area contributed by atoms with Crippen molar-refractivity contribution in [3.63, 3.8) is 0 Å². The Morgan fingerprint density at radius 3 is 2.81 bits per heavy atom. The lowest BCUT2D eigenvalue weighted by molar-refractivity contribution is -0.121. The normalized spacial score (nSPS) is 13.0. The van der Waals surface area contributed by atoms with Crippen LogP contribution in [0, 0.1) is 11.6 Å². The van der Waals surface area contributed by atoms with Crippen LogP contribution in [0.4, 0.5) is 14.5 Å². The highest BCUT2D eigenvalue weighted by atomic mass is 127. The third kappa shape index (κ3) is 7.21. The zero-order chi connectivity index (χ0) is 22.1. The van der Waals surface area contributed by atoms with E-state index >= 15 is 0 Å². The molecule has 1 amide bonds. The second-order valence-corrected chi connectivity index (χ2v) is 6.77. The van der Waals surface area contributed by atoms with Crippen molar-refractivity contribution >= 4 is 41.5 Å². The number of nitrogens with one attached hydrogen (secondary N) is 2. The first-order valence-electron chi connectivity index (χ1n) is 10.2. The second-order valence-electron chi connectivity index (χ2n) is 6.77. The van der Waals surface area contributed by atoms with Crippen LogP contribution in [0.25, 0.3) is 0 Å². The molecule has 0 aliphatic carbocycles. The lowest BCUT2D eigenvalue weighted by Crippen LogP contribution is -2.40. The van der Waals surface area contributed by atoms with Crippen LogP contribution in [0.5, 0.6) is 11.5 Å². The van der Waals surface area contributed by atoms with Gasteiger partial charge in [-0.15, -0.1) is 24.0 Å². The number of guanidine groups is 1. The van der Waals surface area contributed by atoms with Crippen molar-refractivity contribution in [3.05, 3.63) is 54.1 Å². The van der Waals surface area contributed by atoms with Gasteiger partial charge in [-0.25, -0.2) is 8.78 Å². The number of para-hydroxylation sites is 2. The summed E-state index contributed by atoms with van der Waals surface area (Å²) >= 11 is 0. The zero-order valence-corrected chi connectivity index (χ0v) is 20.1. The summed E-state index contributed by atoms with van der Waals surface area (Å²) in [6, 6.07) is 10.7. The minimum Gasteiger partial charge on any atom is -0.489 e. The van der Waals surface area contributed by atoms with Crippen LogP contribution >= 0.6 is 24.0 Å². The number of nitrogens with zero attached hydrogens (tertiary/aromatic N) is 2. The third-order valence-electron chi connectivity index (χ3n) is 4.51. The number of hydrogen-bond acceptors (Lipinski definition) is 4. The van der Waals surface area contributed by atoms with Crippen molar-refractivity contribution in [2.75, 3.05) is 44.3 Å². The van der Waals surface area contributed by atoms with E-state index in [1.54, 1.807) is 4.90 Å². The predicted molar refractivity (Wildman–Crippen MR) is 130 cm³/mol. The largest absolute Gasteiger partial charge is 0.489 e. The third-order valence-corrected chi connectivity index (χ3v) is 4.51. The number of aliphatic imine (C=N–C) groups is 1. The average Bonchev–Trinajstić information content (AvgIpc) is 2.76. The molecule has 10 heteroatoms. The smallest absolute Gasteiger partial charge is 0.265 e. The van der Waals surface area contributed by atoms with Crippen LogP contribution in [0.15, 0.2) is 47.5 Å². The maximum atomic E-state index is 13.6. The molecule has 0 unspecified atom stereocenters. The lowest BCUT2D eigenvalue weighted by atomic mass is 10.2. The molecule has 0 fully saturated rings. The van der Waals surface area contributed by atoms with Gasteiger partial charge in [-0.3, -0.25) is 9.79 Å². The maximum absolute atomic E-state index is 13.6. The van der Waals surface area contributed by atoms with Gasteiger partial charge in [0.05, 0.1) is 12.2 Å². The van der Waals surface area contributed by atoms with E-state index in [2.05, 4.69) is 15.6 Å². The Morgan fingerprint density at radius 2 is 2.03 bits per heavy atom. The maximum Gasteiger partial charge on any atom is 0.265 e. The minimum atomic E-state index is -0.736. The molecule has 1 heterocycles. The fraction of sp³-hybridized carbons (Fsp3) is 0.364.